The van der Waals surface area contributed by atoms with Gasteiger partial charge in [-0.05, 0) is 18.1 Å². The number of isocyanates is 1. The SMILES string of the molecule is O=C=NCCc1cccc2cccnc12. The molecule has 0 aliphatic heterocycles. The molecule has 0 aliphatic rings. The van der Waals surface area contributed by atoms with E-state index in [9.17, 15) is 4.79 Å². The Morgan fingerprint density at radius 1 is 1.27 bits per heavy atom. The molecule has 1 aromatic carbocycles. The highest BCUT2D eigenvalue weighted by molar-refractivity contribution is 5.81. The highest BCUT2D eigenvalue weighted by Gasteiger charge is 2.00. The van der Waals surface area contributed by atoms with Gasteiger partial charge in [-0.15, -0.1) is 0 Å². The third kappa shape index (κ3) is 2.09. The van der Waals surface area contributed by atoms with Crippen molar-refractivity contribution in [3.05, 3.63) is 42.1 Å². The minimum Gasteiger partial charge on any atom is -0.256 e. The molecule has 0 unspecified atom stereocenters. The molecule has 0 N–H and O–H groups in total. The quantitative estimate of drug-likeness (QED) is 0.560. The number of benzene rings is 1. The van der Waals surface area contributed by atoms with Crippen LogP contribution in [0.3, 0.4) is 0 Å². The van der Waals surface area contributed by atoms with Gasteiger partial charge < -0.3 is 0 Å². The third-order valence-corrected chi connectivity index (χ3v) is 2.27. The van der Waals surface area contributed by atoms with E-state index in [4.69, 9.17) is 0 Å². The van der Waals surface area contributed by atoms with Crippen molar-refractivity contribution in [2.75, 3.05) is 6.54 Å². The molecule has 0 aliphatic carbocycles. The summed E-state index contributed by atoms with van der Waals surface area (Å²) in [6, 6.07) is 9.96. The van der Waals surface area contributed by atoms with Crippen molar-refractivity contribution >= 4 is 17.0 Å². The molecule has 0 saturated heterocycles. The van der Waals surface area contributed by atoms with Crippen molar-refractivity contribution in [3.8, 4) is 0 Å². The smallest absolute Gasteiger partial charge is 0.234 e. The maximum Gasteiger partial charge on any atom is 0.234 e. The number of aliphatic imine (C=N–C) groups is 1. The van der Waals surface area contributed by atoms with Crippen LogP contribution in [0.15, 0.2) is 41.5 Å². The minimum absolute atomic E-state index is 0.471. The highest BCUT2D eigenvalue weighted by atomic mass is 16.1. The van der Waals surface area contributed by atoms with Gasteiger partial charge in [0.2, 0.25) is 6.08 Å². The molecule has 1 heterocycles. The van der Waals surface area contributed by atoms with E-state index in [1.807, 2.05) is 30.3 Å². The number of carbonyl (C=O) groups excluding carboxylic acids is 1. The van der Waals surface area contributed by atoms with E-state index in [0.717, 1.165) is 22.9 Å². The molecule has 0 bridgehead atoms. The average molecular weight is 198 g/mol. The molecule has 2 aromatic rings. The van der Waals surface area contributed by atoms with Gasteiger partial charge in [-0.1, -0.05) is 24.3 Å². The van der Waals surface area contributed by atoms with E-state index in [0.29, 0.717) is 6.54 Å². The zero-order valence-corrected chi connectivity index (χ0v) is 8.18. The second-order valence-electron chi connectivity index (χ2n) is 3.22. The van der Waals surface area contributed by atoms with Gasteiger partial charge >= 0.3 is 0 Å². The lowest BCUT2D eigenvalue weighted by atomic mass is 10.1. The topological polar surface area (TPSA) is 42.3 Å². The number of pyridine rings is 1. The fraction of sp³-hybridized carbons (Fsp3) is 0.167. The Morgan fingerprint density at radius 2 is 2.13 bits per heavy atom. The van der Waals surface area contributed by atoms with Crippen LogP contribution in [-0.2, 0) is 11.2 Å². The fourth-order valence-corrected chi connectivity index (χ4v) is 1.59. The average Bonchev–Trinajstić information content (AvgIpc) is 2.30. The molecule has 0 spiro atoms. The Kier molecular flexibility index (Phi) is 2.86. The van der Waals surface area contributed by atoms with E-state index in [1.54, 1.807) is 12.3 Å². The molecule has 74 valence electrons. The van der Waals surface area contributed by atoms with Crippen LogP contribution >= 0.6 is 0 Å². The van der Waals surface area contributed by atoms with Gasteiger partial charge in [-0.3, -0.25) is 4.98 Å². The predicted molar refractivity (Wildman–Crippen MR) is 58.4 cm³/mol. The number of aromatic nitrogens is 1. The molecule has 0 radical (unpaired) electrons. The minimum atomic E-state index is 0.471. The van der Waals surface area contributed by atoms with Crippen LogP contribution < -0.4 is 0 Å². The summed E-state index contributed by atoms with van der Waals surface area (Å²) in [6.07, 6.45) is 4.04. The molecule has 3 nitrogen and oxygen atoms in total. The molecule has 0 fully saturated rings. The maximum atomic E-state index is 9.95. The summed E-state index contributed by atoms with van der Waals surface area (Å²) in [7, 11) is 0. The van der Waals surface area contributed by atoms with Crippen LogP contribution in [0.2, 0.25) is 0 Å². The Bertz CT molecular complexity index is 511. The van der Waals surface area contributed by atoms with Crippen molar-refractivity contribution in [2.24, 2.45) is 4.99 Å². The van der Waals surface area contributed by atoms with Crippen LogP contribution in [0, 0.1) is 0 Å². The lowest BCUT2D eigenvalue weighted by Gasteiger charge is -2.02. The molecule has 2 rings (SSSR count). The normalized spacial score (nSPS) is 9.87. The summed E-state index contributed by atoms with van der Waals surface area (Å²) in [6.45, 7) is 0.471. The van der Waals surface area contributed by atoms with Crippen molar-refractivity contribution in [1.29, 1.82) is 0 Å². The summed E-state index contributed by atoms with van der Waals surface area (Å²) in [5, 5.41) is 1.12. The van der Waals surface area contributed by atoms with Gasteiger partial charge in [-0.25, -0.2) is 9.79 Å². The number of hydrogen-bond acceptors (Lipinski definition) is 3. The first-order valence-corrected chi connectivity index (χ1v) is 4.78. The molecule has 15 heavy (non-hydrogen) atoms. The zero-order chi connectivity index (χ0) is 10.5. The number of para-hydroxylation sites is 1. The third-order valence-electron chi connectivity index (χ3n) is 2.27. The monoisotopic (exact) mass is 198 g/mol. The summed E-state index contributed by atoms with van der Waals surface area (Å²) < 4.78 is 0. The predicted octanol–water partition coefficient (Wildman–Crippen LogP) is 2.11. The van der Waals surface area contributed by atoms with Crippen molar-refractivity contribution in [2.45, 2.75) is 6.42 Å². The molecular formula is C12H10N2O. The number of nitrogens with zero attached hydrogens (tertiary/aromatic N) is 2. The van der Waals surface area contributed by atoms with Gasteiger partial charge in [0, 0.05) is 11.6 Å². The van der Waals surface area contributed by atoms with Gasteiger partial charge in [0.05, 0.1) is 12.1 Å². The molecule has 0 atom stereocenters. The standard InChI is InChI=1S/C12H10N2O/c15-9-13-8-6-11-4-1-3-10-5-2-7-14-12(10)11/h1-5,7H,6,8H2. The Hall–Kier alpha value is -1.99. The van der Waals surface area contributed by atoms with Crippen molar-refractivity contribution in [3.63, 3.8) is 0 Å². The Morgan fingerprint density at radius 3 is 3.00 bits per heavy atom. The number of rotatable bonds is 3. The number of fused-ring (bicyclic) bond motifs is 1. The van der Waals surface area contributed by atoms with Crippen LogP contribution in [0.25, 0.3) is 10.9 Å². The van der Waals surface area contributed by atoms with Crippen LogP contribution in [0.5, 0.6) is 0 Å². The summed E-state index contributed by atoms with van der Waals surface area (Å²) in [5.41, 5.74) is 2.10. The second-order valence-corrected chi connectivity index (χ2v) is 3.22. The Labute approximate surface area is 87.5 Å². The van der Waals surface area contributed by atoms with Gasteiger partial charge in [-0.2, -0.15) is 0 Å². The van der Waals surface area contributed by atoms with Gasteiger partial charge in [0.25, 0.3) is 0 Å². The van der Waals surface area contributed by atoms with Crippen LogP contribution in [0.1, 0.15) is 5.56 Å². The first-order valence-electron chi connectivity index (χ1n) is 4.78. The second kappa shape index (κ2) is 4.49. The zero-order valence-electron chi connectivity index (χ0n) is 8.18. The van der Waals surface area contributed by atoms with E-state index in [-0.39, 0.29) is 0 Å². The van der Waals surface area contributed by atoms with E-state index >= 15 is 0 Å². The van der Waals surface area contributed by atoms with E-state index in [2.05, 4.69) is 9.98 Å². The van der Waals surface area contributed by atoms with Crippen molar-refractivity contribution in [1.82, 2.24) is 4.98 Å². The molecular weight excluding hydrogens is 188 g/mol. The maximum absolute atomic E-state index is 9.95. The van der Waals surface area contributed by atoms with Gasteiger partial charge in [0.1, 0.15) is 0 Å². The first kappa shape index (κ1) is 9.56. The summed E-state index contributed by atoms with van der Waals surface area (Å²) in [4.78, 5) is 17.8. The van der Waals surface area contributed by atoms with E-state index < -0.39 is 0 Å². The summed E-state index contributed by atoms with van der Waals surface area (Å²) >= 11 is 0. The van der Waals surface area contributed by atoms with Crippen LogP contribution in [0.4, 0.5) is 0 Å². The Balaban J connectivity index is 2.37. The van der Waals surface area contributed by atoms with Crippen molar-refractivity contribution < 1.29 is 4.79 Å². The fourth-order valence-electron chi connectivity index (χ4n) is 1.59. The molecule has 0 saturated carbocycles. The largest absolute Gasteiger partial charge is 0.256 e. The van der Waals surface area contributed by atoms with E-state index in [1.165, 1.54) is 0 Å². The summed E-state index contributed by atoms with van der Waals surface area (Å²) in [5.74, 6) is 0. The lowest BCUT2D eigenvalue weighted by Crippen LogP contribution is -1.92. The molecule has 3 heteroatoms. The highest BCUT2D eigenvalue weighted by Crippen LogP contribution is 2.16. The first-order chi connectivity index (χ1) is 7.42. The number of hydrogen-bond donors (Lipinski definition) is 0. The molecule has 1 aromatic heterocycles. The van der Waals surface area contributed by atoms with Crippen LogP contribution in [-0.4, -0.2) is 17.6 Å². The lowest BCUT2D eigenvalue weighted by molar-refractivity contribution is 0.563. The van der Waals surface area contributed by atoms with Gasteiger partial charge in [0.15, 0.2) is 0 Å². The molecule has 0 amide bonds.